The summed E-state index contributed by atoms with van der Waals surface area (Å²) < 4.78 is 7.26. The number of ether oxygens (including phenoxy) is 1. The van der Waals surface area contributed by atoms with Gasteiger partial charge in [-0.15, -0.1) is 0 Å². The lowest BCUT2D eigenvalue weighted by Gasteiger charge is -2.38. The Morgan fingerprint density at radius 3 is 3.14 bits per heavy atom. The lowest BCUT2D eigenvalue weighted by Crippen LogP contribution is -2.53. The van der Waals surface area contributed by atoms with Crippen molar-refractivity contribution in [3.8, 4) is 0 Å². The minimum absolute atomic E-state index is 0.0460. The van der Waals surface area contributed by atoms with E-state index < -0.39 is 5.60 Å². The Bertz CT molecular complexity index is 556. The predicted molar refractivity (Wildman–Crippen MR) is 74.6 cm³/mol. The maximum absolute atomic E-state index is 12.5. The van der Waals surface area contributed by atoms with Crippen molar-refractivity contribution in [2.24, 2.45) is 0 Å². The Hall–Kier alpha value is -2.05. The Morgan fingerprint density at radius 1 is 1.57 bits per heavy atom. The number of hydrogen-bond acceptors (Lipinski definition) is 4. The van der Waals surface area contributed by atoms with E-state index in [4.69, 9.17) is 4.74 Å². The van der Waals surface area contributed by atoms with E-state index in [1.165, 1.54) is 0 Å². The average Bonchev–Trinajstić information content (AvgIpc) is 3.06. The Labute approximate surface area is 123 Å². The molecule has 0 bridgehead atoms. The minimum Gasteiger partial charge on any atom is -0.439 e. The highest BCUT2D eigenvalue weighted by Gasteiger charge is 2.44. The third-order valence-electron chi connectivity index (χ3n) is 4.18. The number of piperidine rings is 1. The van der Waals surface area contributed by atoms with Crippen molar-refractivity contribution in [1.29, 1.82) is 0 Å². The number of rotatable bonds is 3. The summed E-state index contributed by atoms with van der Waals surface area (Å²) in [6.45, 7) is 3.99. The number of aromatic nitrogens is 2. The van der Waals surface area contributed by atoms with Crippen molar-refractivity contribution in [3.05, 3.63) is 18.2 Å². The van der Waals surface area contributed by atoms with Gasteiger partial charge in [0.25, 0.3) is 0 Å². The molecule has 0 aromatic carbocycles. The van der Waals surface area contributed by atoms with Gasteiger partial charge in [0, 0.05) is 25.4 Å². The van der Waals surface area contributed by atoms with Crippen LogP contribution in [0.1, 0.15) is 25.6 Å². The van der Waals surface area contributed by atoms with E-state index >= 15 is 0 Å². The summed E-state index contributed by atoms with van der Waals surface area (Å²) in [6.07, 6.45) is 5.62. The molecule has 1 atom stereocenters. The Kier molecular flexibility index (Phi) is 3.57. The van der Waals surface area contributed by atoms with Crippen LogP contribution in [0.2, 0.25) is 0 Å². The van der Waals surface area contributed by atoms with Gasteiger partial charge < -0.3 is 19.5 Å². The molecule has 2 saturated heterocycles. The highest BCUT2D eigenvalue weighted by molar-refractivity contribution is 5.77. The molecular weight excluding hydrogens is 272 g/mol. The van der Waals surface area contributed by atoms with Crippen LogP contribution in [0.25, 0.3) is 0 Å². The van der Waals surface area contributed by atoms with Gasteiger partial charge in [-0.05, 0) is 12.8 Å². The van der Waals surface area contributed by atoms with Crippen LogP contribution in [0.3, 0.4) is 0 Å². The fourth-order valence-electron chi connectivity index (χ4n) is 3.08. The number of carbonyl (C=O) groups is 2. The first-order valence-electron chi connectivity index (χ1n) is 7.36. The van der Waals surface area contributed by atoms with Crippen molar-refractivity contribution in [2.45, 2.75) is 38.3 Å². The first kappa shape index (κ1) is 13.9. The summed E-state index contributed by atoms with van der Waals surface area (Å²) in [7, 11) is 0. The van der Waals surface area contributed by atoms with Crippen LogP contribution in [-0.2, 0) is 22.5 Å². The maximum Gasteiger partial charge on any atom is 0.407 e. The standard InChI is InChI=1S/C14H20N4O3/c1-2-11-15-5-7-17(11)8-12(19)18-6-3-4-14(10-18)9-16-13(20)21-14/h5,7H,2-4,6,8-10H2,1H3,(H,16,20)/t14-/m1/s1. The number of imidazole rings is 1. The van der Waals surface area contributed by atoms with E-state index in [9.17, 15) is 9.59 Å². The van der Waals surface area contributed by atoms with Crippen LogP contribution < -0.4 is 5.32 Å². The summed E-state index contributed by atoms with van der Waals surface area (Å²) >= 11 is 0. The minimum atomic E-state index is -0.534. The summed E-state index contributed by atoms with van der Waals surface area (Å²) in [4.78, 5) is 29.8. The van der Waals surface area contributed by atoms with Crippen molar-refractivity contribution in [2.75, 3.05) is 19.6 Å². The number of alkyl carbamates (subject to hydrolysis) is 1. The zero-order valence-electron chi connectivity index (χ0n) is 12.2. The molecule has 1 spiro atoms. The lowest BCUT2D eigenvalue weighted by atomic mass is 9.93. The third-order valence-corrected chi connectivity index (χ3v) is 4.18. The van der Waals surface area contributed by atoms with E-state index in [1.54, 1.807) is 11.1 Å². The summed E-state index contributed by atoms with van der Waals surface area (Å²) in [6, 6.07) is 0. The number of amides is 2. The van der Waals surface area contributed by atoms with Crippen molar-refractivity contribution in [3.63, 3.8) is 0 Å². The van der Waals surface area contributed by atoms with E-state index in [2.05, 4.69) is 10.3 Å². The molecule has 0 unspecified atom stereocenters. The zero-order valence-corrected chi connectivity index (χ0v) is 12.2. The van der Waals surface area contributed by atoms with Crippen LogP contribution in [-0.4, -0.2) is 51.7 Å². The van der Waals surface area contributed by atoms with Gasteiger partial charge in [-0.2, -0.15) is 0 Å². The van der Waals surface area contributed by atoms with Gasteiger partial charge in [-0.1, -0.05) is 6.92 Å². The van der Waals surface area contributed by atoms with Gasteiger partial charge in [-0.3, -0.25) is 4.79 Å². The van der Waals surface area contributed by atoms with Crippen LogP contribution >= 0.6 is 0 Å². The van der Waals surface area contributed by atoms with Gasteiger partial charge in [0.2, 0.25) is 5.91 Å². The molecule has 21 heavy (non-hydrogen) atoms. The van der Waals surface area contributed by atoms with Gasteiger partial charge in [0.15, 0.2) is 0 Å². The van der Waals surface area contributed by atoms with E-state index in [1.807, 2.05) is 17.7 Å². The second kappa shape index (κ2) is 5.38. The molecule has 114 valence electrons. The molecule has 2 aliphatic rings. The molecule has 2 fully saturated rings. The van der Waals surface area contributed by atoms with E-state index in [-0.39, 0.29) is 12.0 Å². The average molecular weight is 292 g/mol. The normalized spacial score (nSPS) is 25.0. The number of carbonyl (C=O) groups excluding carboxylic acids is 2. The van der Waals surface area contributed by atoms with Crippen molar-refractivity contribution in [1.82, 2.24) is 19.8 Å². The largest absolute Gasteiger partial charge is 0.439 e. The number of nitrogens with zero attached hydrogens (tertiary/aromatic N) is 3. The third kappa shape index (κ3) is 2.72. The SMILES string of the molecule is CCc1nccn1CC(=O)N1CCC[C@@]2(CNC(=O)O2)C1. The topological polar surface area (TPSA) is 76.5 Å². The monoisotopic (exact) mass is 292 g/mol. The quantitative estimate of drug-likeness (QED) is 0.882. The predicted octanol–water partition coefficient (Wildman–Crippen LogP) is 0.547. The van der Waals surface area contributed by atoms with E-state index in [0.717, 1.165) is 25.1 Å². The highest BCUT2D eigenvalue weighted by Crippen LogP contribution is 2.28. The number of aryl methyl sites for hydroxylation is 1. The molecule has 7 nitrogen and oxygen atoms in total. The second-order valence-electron chi connectivity index (χ2n) is 5.67. The summed E-state index contributed by atoms with van der Waals surface area (Å²) in [5, 5.41) is 2.69. The molecule has 7 heteroatoms. The molecule has 0 aliphatic carbocycles. The summed E-state index contributed by atoms with van der Waals surface area (Å²) in [5.41, 5.74) is -0.534. The first-order valence-corrected chi connectivity index (χ1v) is 7.36. The van der Waals surface area contributed by atoms with Gasteiger partial charge in [0.1, 0.15) is 18.0 Å². The van der Waals surface area contributed by atoms with Crippen molar-refractivity contribution >= 4 is 12.0 Å². The molecule has 0 saturated carbocycles. The molecule has 2 aliphatic heterocycles. The fourth-order valence-corrected chi connectivity index (χ4v) is 3.08. The highest BCUT2D eigenvalue weighted by atomic mass is 16.6. The molecule has 1 N–H and O–H groups in total. The lowest BCUT2D eigenvalue weighted by molar-refractivity contribution is -0.137. The number of likely N-dealkylation sites (tertiary alicyclic amines) is 1. The zero-order chi connectivity index (χ0) is 14.9. The molecule has 1 aromatic heterocycles. The maximum atomic E-state index is 12.5. The number of nitrogens with one attached hydrogen (secondary N) is 1. The van der Waals surface area contributed by atoms with Crippen LogP contribution in [0.5, 0.6) is 0 Å². The smallest absolute Gasteiger partial charge is 0.407 e. The van der Waals surface area contributed by atoms with Crippen LogP contribution in [0, 0.1) is 0 Å². The van der Waals surface area contributed by atoms with E-state index in [0.29, 0.717) is 26.2 Å². The Balaban J connectivity index is 1.66. The molecular formula is C14H20N4O3. The molecule has 2 amide bonds. The van der Waals surface area contributed by atoms with Gasteiger partial charge in [0.05, 0.1) is 13.1 Å². The molecule has 3 heterocycles. The van der Waals surface area contributed by atoms with Crippen LogP contribution in [0.15, 0.2) is 12.4 Å². The van der Waals surface area contributed by atoms with Gasteiger partial charge in [-0.25, -0.2) is 9.78 Å². The fraction of sp³-hybridized carbons (Fsp3) is 0.643. The number of hydrogen-bond donors (Lipinski definition) is 1. The van der Waals surface area contributed by atoms with Crippen molar-refractivity contribution < 1.29 is 14.3 Å². The first-order chi connectivity index (χ1) is 10.1. The second-order valence-corrected chi connectivity index (χ2v) is 5.67. The molecule has 3 rings (SSSR count). The summed E-state index contributed by atoms with van der Waals surface area (Å²) in [5.74, 6) is 0.953. The molecule has 1 aromatic rings. The molecule has 0 radical (unpaired) electrons. The van der Waals surface area contributed by atoms with Gasteiger partial charge >= 0.3 is 6.09 Å². The van der Waals surface area contributed by atoms with Crippen LogP contribution in [0.4, 0.5) is 4.79 Å². The Morgan fingerprint density at radius 2 is 2.43 bits per heavy atom.